The van der Waals surface area contributed by atoms with Crippen molar-refractivity contribution in [1.29, 1.82) is 0 Å². The lowest BCUT2D eigenvalue weighted by Crippen LogP contribution is -2.23. The molecule has 0 saturated heterocycles. The van der Waals surface area contributed by atoms with Gasteiger partial charge in [0.2, 0.25) is 5.91 Å². The van der Waals surface area contributed by atoms with Crippen molar-refractivity contribution in [2.24, 2.45) is 0 Å². The fourth-order valence-corrected chi connectivity index (χ4v) is 3.74. The number of Topliss-reactive ketones (excluding diaryl/α,β-unsaturated/α-hetero) is 1. The third-order valence-electron chi connectivity index (χ3n) is 4.55. The minimum absolute atomic E-state index is 0.00448. The first-order chi connectivity index (χ1) is 14.5. The predicted octanol–water partition coefficient (Wildman–Crippen LogP) is 4.92. The van der Waals surface area contributed by atoms with E-state index in [2.05, 4.69) is 5.32 Å². The zero-order chi connectivity index (χ0) is 21.3. The monoisotopic (exact) mass is 423 g/mol. The molecule has 156 valence electrons. The number of nitrogens with one attached hydrogen (secondary N) is 1. The second kappa shape index (κ2) is 10.6. The van der Waals surface area contributed by atoms with E-state index in [9.17, 15) is 9.59 Å². The highest BCUT2D eigenvalue weighted by molar-refractivity contribution is 7.14. The fourth-order valence-electron chi connectivity index (χ4n) is 2.90. The fraction of sp³-hybridized carbons (Fsp3) is 0.250. The number of ether oxygens (including phenoxy) is 2. The molecule has 0 atom stereocenters. The minimum atomic E-state index is -0.153. The molecule has 0 saturated carbocycles. The predicted molar refractivity (Wildman–Crippen MR) is 118 cm³/mol. The van der Waals surface area contributed by atoms with Crippen LogP contribution in [-0.4, -0.2) is 18.8 Å². The van der Waals surface area contributed by atoms with E-state index in [1.807, 2.05) is 67.6 Å². The van der Waals surface area contributed by atoms with Crippen LogP contribution in [0.3, 0.4) is 0 Å². The molecular weight excluding hydrogens is 398 g/mol. The van der Waals surface area contributed by atoms with Gasteiger partial charge in [-0.05, 0) is 42.3 Å². The van der Waals surface area contributed by atoms with E-state index in [1.165, 1.54) is 11.3 Å². The van der Waals surface area contributed by atoms with Crippen molar-refractivity contribution in [3.63, 3.8) is 0 Å². The zero-order valence-corrected chi connectivity index (χ0v) is 18.0. The molecule has 0 spiro atoms. The zero-order valence-electron chi connectivity index (χ0n) is 17.1. The molecule has 1 amide bonds. The lowest BCUT2D eigenvalue weighted by Gasteiger charge is -2.13. The Morgan fingerprint density at radius 3 is 2.43 bits per heavy atom. The van der Waals surface area contributed by atoms with Gasteiger partial charge < -0.3 is 14.8 Å². The van der Waals surface area contributed by atoms with Crippen LogP contribution >= 0.6 is 11.3 Å². The van der Waals surface area contributed by atoms with Crippen molar-refractivity contribution in [2.75, 3.05) is 7.11 Å². The Bertz CT molecular complexity index is 997. The van der Waals surface area contributed by atoms with Crippen LogP contribution in [0.1, 0.15) is 38.5 Å². The summed E-state index contributed by atoms with van der Waals surface area (Å²) in [5.41, 5.74) is 1.97. The lowest BCUT2D eigenvalue weighted by atomic mass is 10.1. The first-order valence-corrected chi connectivity index (χ1v) is 10.6. The maximum Gasteiger partial charge on any atom is 0.220 e. The normalized spacial score (nSPS) is 10.5. The van der Waals surface area contributed by atoms with E-state index in [4.69, 9.17) is 9.47 Å². The Morgan fingerprint density at radius 1 is 0.933 bits per heavy atom. The number of hydrogen-bond donors (Lipinski definition) is 1. The van der Waals surface area contributed by atoms with E-state index >= 15 is 0 Å². The molecule has 30 heavy (non-hydrogen) atoms. The highest BCUT2D eigenvalue weighted by atomic mass is 32.1. The topological polar surface area (TPSA) is 64.6 Å². The maximum atomic E-state index is 12.1. The molecule has 6 heteroatoms. The summed E-state index contributed by atoms with van der Waals surface area (Å²) < 4.78 is 11.3. The van der Waals surface area contributed by atoms with Gasteiger partial charge in [-0.15, -0.1) is 11.3 Å². The van der Waals surface area contributed by atoms with Crippen LogP contribution in [0.15, 0.2) is 60.7 Å². The summed E-state index contributed by atoms with van der Waals surface area (Å²) in [6.45, 7) is 2.77. The molecule has 5 nitrogen and oxygen atoms in total. The third-order valence-corrected chi connectivity index (χ3v) is 5.59. The van der Waals surface area contributed by atoms with Crippen molar-refractivity contribution in [2.45, 2.75) is 32.9 Å². The lowest BCUT2D eigenvalue weighted by molar-refractivity contribution is -0.121. The molecule has 0 bridgehead atoms. The van der Waals surface area contributed by atoms with Gasteiger partial charge in [0.15, 0.2) is 17.3 Å². The molecule has 2 aromatic carbocycles. The summed E-state index contributed by atoms with van der Waals surface area (Å²) in [6.07, 6.45) is 0.382. The van der Waals surface area contributed by atoms with E-state index in [0.29, 0.717) is 29.5 Å². The summed E-state index contributed by atoms with van der Waals surface area (Å²) in [5.74, 6) is 1.11. The van der Waals surface area contributed by atoms with Crippen LogP contribution < -0.4 is 14.8 Å². The first-order valence-electron chi connectivity index (χ1n) is 9.75. The Labute approximate surface area is 180 Å². The molecule has 0 aliphatic carbocycles. The number of benzene rings is 2. The molecular formula is C24H25NO4S. The Hall–Kier alpha value is -3.12. The average Bonchev–Trinajstić information content (AvgIpc) is 3.21. The molecule has 0 unspecified atom stereocenters. The molecule has 0 aliphatic heterocycles. The van der Waals surface area contributed by atoms with E-state index in [-0.39, 0.29) is 24.5 Å². The Kier molecular flexibility index (Phi) is 7.63. The summed E-state index contributed by atoms with van der Waals surface area (Å²) in [7, 11) is 1.59. The molecule has 1 heterocycles. The van der Waals surface area contributed by atoms with E-state index in [0.717, 1.165) is 16.0 Å². The van der Waals surface area contributed by atoms with Gasteiger partial charge in [-0.25, -0.2) is 0 Å². The van der Waals surface area contributed by atoms with Crippen molar-refractivity contribution >= 4 is 23.0 Å². The van der Waals surface area contributed by atoms with Gasteiger partial charge in [-0.3, -0.25) is 9.59 Å². The SMILES string of the molecule is COc1cc(CNC(=O)CCC(=O)c2ccc(C)s2)ccc1OCc1ccccc1. The second-order valence-corrected chi connectivity index (χ2v) is 8.16. The molecule has 3 aromatic rings. The third kappa shape index (κ3) is 6.19. The van der Waals surface area contributed by atoms with Gasteiger partial charge in [-0.1, -0.05) is 36.4 Å². The number of amides is 1. The molecule has 0 radical (unpaired) electrons. The molecule has 1 N–H and O–H groups in total. The maximum absolute atomic E-state index is 12.1. The minimum Gasteiger partial charge on any atom is -0.493 e. The first kappa shape index (κ1) is 21.6. The highest BCUT2D eigenvalue weighted by Crippen LogP contribution is 2.29. The molecule has 3 rings (SSSR count). The van der Waals surface area contributed by atoms with Crippen LogP contribution in [0.25, 0.3) is 0 Å². The smallest absolute Gasteiger partial charge is 0.220 e. The van der Waals surface area contributed by atoms with Crippen molar-refractivity contribution in [1.82, 2.24) is 5.32 Å². The van der Waals surface area contributed by atoms with Crippen LogP contribution in [-0.2, 0) is 17.9 Å². The van der Waals surface area contributed by atoms with E-state index < -0.39 is 0 Å². The molecule has 0 aliphatic rings. The summed E-state index contributed by atoms with van der Waals surface area (Å²) >= 11 is 1.46. The summed E-state index contributed by atoms with van der Waals surface area (Å²) in [4.78, 5) is 26.0. The van der Waals surface area contributed by atoms with Crippen molar-refractivity contribution in [3.8, 4) is 11.5 Å². The van der Waals surface area contributed by atoms with Gasteiger partial charge in [0.05, 0.1) is 12.0 Å². The Balaban J connectivity index is 1.48. The standard InChI is InChI=1S/C24H25NO4S/c1-17-8-12-23(30-17)20(26)10-13-24(27)25-15-19-9-11-21(22(14-19)28-2)29-16-18-6-4-3-5-7-18/h3-9,11-12,14H,10,13,15-16H2,1-2H3,(H,25,27). The largest absolute Gasteiger partial charge is 0.493 e. The summed E-state index contributed by atoms with van der Waals surface area (Å²) in [6, 6.07) is 19.2. The second-order valence-electron chi connectivity index (χ2n) is 6.87. The number of thiophene rings is 1. The van der Waals surface area contributed by atoms with Gasteiger partial charge in [0.1, 0.15) is 6.61 Å². The van der Waals surface area contributed by atoms with Crippen LogP contribution in [0.2, 0.25) is 0 Å². The van der Waals surface area contributed by atoms with Crippen LogP contribution in [0.4, 0.5) is 0 Å². The molecule has 0 fully saturated rings. The number of ketones is 1. The van der Waals surface area contributed by atoms with Gasteiger partial charge in [-0.2, -0.15) is 0 Å². The highest BCUT2D eigenvalue weighted by Gasteiger charge is 2.12. The quantitative estimate of drug-likeness (QED) is 0.470. The number of carbonyl (C=O) groups excluding carboxylic acids is 2. The Morgan fingerprint density at radius 2 is 1.73 bits per heavy atom. The van der Waals surface area contributed by atoms with Gasteiger partial charge in [0.25, 0.3) is 0 Å². The number of aryl methyl sites for hydroxylation is 1. The molecule has 1 aromatic heterocycles. The van der Waals surface area contributed by atoms with Gasteiger partial charge >= 0.3 is 0 Å². The van der Waals surface area contributed by atoms with Crippen molar-refractivity contribution < 1.29 is 19.1 Å². The number of hydrogen-bond acceptors (Lipinski definition) is 5. The number of carbonyl (C=O) groups is 2. The van der Waals surface area contributed by atoms with Crippen LogP contribution in [0, 0.1) is 6.92 Å². The van der Waals surface area contributed by atoms with Crippen molar-refractivity contribution in [3.05, 3.63) is 81.5 Å². The average molecular weight is 424 g/mol. The van der Waals surface area contributed by atoms with Gasteiger partial charge in [0, 0.05) is 24.3 Å². The van der Waals surface area contributed by atoms with Crippen LogP contribution in [0.5, 0.6) is 11.5 Å². The van der Waals surface area contributed by atoms with E-state index in [1.54, 1.807) is 7.11 Å². The number of rotatable bonds is 10. The summed E-state index contributed by atoms with van der Waals surface area (Å²) in [5, 5.41) is 2.86. The number of methoxy groups -OCH3 is 1.